The number of rotatable bonds is 15. The third kappa shape index (κ3) is 10.4. The number of nitrogens with two attached hydrogens (primary N) is 1. The van der Waals surface area contributed by atoms with E-state index in [1.807, 2.05) is 30.3 Å². The van der Waals surface area contributed by atoms with Gasteiger partial charge in [-0.2, -0.15) is 13.2 Å². The summed E-state index contributed by atoms with van der Waals surface area (Å²) in [5, 5.41) is 11.0. The van der Waals surface area contributed by atoms with E-state index in [9.17, 15) is 34.8 Å². The number of sulfonamides is 1. The third-order valence-electron chi connectivity index (χ3n) is 7.26. The minimum absolute atomic E-state index is 0.0621. The molecule has 1 unspecified atom stereocenters. The smallest absolute Gasteiger partial charge is 0.380 e. The largest absolute Gasteiger partial charge is 0.501 e. The molecule has 9 nitrogen and oxygen atoms in total. The number of likely N-dealkylation sites (tertiary alicyclic amines) is 1. The Bertz CT molecular complexity index is 1420. The van der Waals surface area contributed by atoms with Crippen LogP contribution < -0.4 is 15.8 Å². The Morgan fingerprint density at radius 2 is 1.74 bits per heavy atom. The van der Waals surface area contributed by atoms with E-state index in [4.69, 9.17) is 5.14 Å². The van der Waals surface area contributed by atoms with Crippen molar-refractivity contribution in [2.75, 3.05) is 37.2 Å². The second-order valence-electron chi connectivity index (χ2n) is 10.5. The van der Waals surface area contributed by atoms with E-state index in [1.165, 1.54) is 11.8 Å². The second kappa shape index (κ2) is 15.6. The van der Waals surface area contributed by atoms with E-state index in [0.29, 0.717) is 57.3 Å². The van der Waals surface area contributed by atoms with Crippen LogP contribution in [0.3, 0.4) is 0 Å². The SMILES string of the molecule is CCCCCNC(=O)C1CCN(CCC(CSc2ccccc2)Nc2ccc(S(N)(=O)=O)cc2S(=O)(=O)C(F)(F)F)CC1. The van der Waals surface area contributed by atoms with Gasteiger partial charge in [0.25, 0.3) is 9.84 Å². The van der Waals surface area contributed by atoms with Gasteiger partial charge in [-0.3, -0.25) is 4.79 Å². The van der Waals surface area contributed by atoms with Crippen LogP contribution in [0.2, 0.25) is 0 Å². The normalized spacial score (nSPS) is 16.1. The topological polar surface area (TPSA) is 139 Å². The Balaban J connectivity index is 1.75. The number of alkyl halides is 3. The monoisotopic (exact) mass is 664 g/mol. The summed E-state index contributed by atoms with van der Waals surface area (Å²) in [6.45, 7) is 4.70. The molecule has 240 valence electrons. The van der Waals surface area contributed by atoms with Crippen molar-refractivity contribution in [3.63, 3.8) is 0 Å². The lowest BCUT2D eigenvalue weighted by atomic mass is 9.95. The summed E-state index contributed by atoms with van der Waals surface area (Å²) in [5.41, 5.74) is -6.01. The highest BCUT2D eigenvalue weighted by Crippen LogP contribution is 2.36. The average Bonchev–Trinajstić information content (AvgIpc) is 2.96. The Hall–Kier alpha value is -2.33. The number of amides is 1. The lowest BCUT2D eigenvalue weighted by Gasteiger charge is -2.32. The van der Waals surface area contributed by atoms with Gasteiger partial charge in [-0.15, -0.1) is 11.8 Å². The van der Waals surface area contributed by atoms with Crippen LogP contribution in [0.4, 0.5) is 18.9 Å². The number of piperidine rings is 1. The lowest BCUT2D eigenvalue weighted by Crippen LogP contribution is -2.42. The van der Waals surface area contributed by atoms with Gasteiger partial charge in [0.05, 0.1) is 10.6 Å². The van der Waals surface area contributed by atoms with Crippen molar-refractivity contribution in [2.24, 2.45) is 11.1 Å². The maximum absolute atomic E-state index is 13.6. The summed E-state index contributed by atoms with van der Waals surface area (Å²) in [6, 6.07) is 11.3. The quantitative estimate of drug-likeness (QED) is 0.186. The van der Waals surface area contributed by atoms with E-state index in [1.54, 1.807) is 0 Å². The molecular weight excluding hydrogens is 626 g/mol. The van der Waals surface area contributed by atoms with Crippen LogP contribution >= 0.6 is 11.8 Å². The Morgan fingerprint density at radius 1 is 1.07 bits per heavy atom. The molecule has 3 rings (SSSR count). The fraction of sp³-hybridized carbons (Fsp3) is 0.536. The minimum atomic E-state index is -5.90. The summed E-state index contributed by atoms with van der Waals surface area (Å²) < 4.78 is 89.3. The van der Waals surface area contributed by atoms with Gasteiger partial charge in [0.1, 0.15) is 4.90 Å². The first-order valence-corrected chi connectivity index (χ1v) is 18.2. The van der Waals surface area contributed by atoms with Gasteiger partial charge < -0.3 is 15.5 Å². The van der Waals surface area contributed by atoms with Gasteiger partial charge in [-0.25, -0.2) is 22.0 Å². The maximum Gasteiger partial charge on any atom is 0.501 e. The number of primary sulfonamides is 1. The number of nitrogens with one attached hydrogen (secondary N) is 2. The summed E-state index contributed by atoms with van der Waals surface area (Å²) >= 11 is 1.45. The molecular formula is C28H39F3N4O5S3. The second-order valence-corrected chi connectivity index (χ2v) is 15.1. The molecule has 43 heavy (non-hydrogen) atoms. The Morgan fingerprint density at radius 3 is 2.35 bits per heavy atom. The number of sulfone groups is 1. The number of anilines is 1. The van der Waals surface area contributed by atoms with Crippen molar-refractivity contribution in [3.05, 3.63) is 48.5 Å². The molecule has 1 atom stereocenters. The predicted molar refractivity (Wildman–Crippen MR) is 162 cm³/mol. The van der Waals surface area contributed by atoms with E-state index in [-0.39, 0.29) is 17.5 Å². The molecule has 2 aromatic rings. The Labute approximate surface area is 256 Å². The van der Waals surface area contributed by atoms with Gasteiger partial charge in [-0.05, 0) is 69.1 Å². The van der Waals surface area contributed by atoms with Crippen LogP contribution in [-0.4, -0.2) is 71.1 Å². The molecule has 0 radical (unpaired) electrons. The molecule has 1 fully saturated rings. The van der Waals surface area contributed by atoms with Crippen molar-refractivity contribution in [1.29, 1.82) is 0 Å². The highest BCUT2D eigenvalue weighted by molar-refractivity contribution is 7.99. The first-order valence-electron chi connectivity index (χ1n) is 14.1. The average molecular weight is 665 g/mol. The van der Waals surface area contributed by atoms with Crippen LogP contribution in [0.15, 0.2) is 63.2 Å². The van der Waals surface area contributed by atoms with Gasteiger partial charge in [0.2, 0.25) is 15.9 Å². The number of carbonyl (C=O) groups is 1. The standard InChI is InChI=1S/C28H39F3N4O5S3/c1-2-3-7-15-33-27(36)21-12-16-35(17-13-21)18-14-22(20-41-23-8-5-4-6-9-23)34-25-11-10-24(43(32,39)40)19-26(25)42(37,38)28(29,30)31/h4-6,8-11,19,21-22,34H,2-3,7,12-18,20H2,1H3,(H,33,36)(H2,32,39,40). The zero-order valence-electron chi connectivity index (χ0n) is 24.0. The lowest BCUT2D eigenvalue weighted by molar-refractivity contribution is -0.126. The summed E-state index contributed by atoms with van der Waals surface area (Å²) in [4.78, 5) is 13.7. The molecule has 4 N–H and O–H groups in total. The van der Waals surface area contributed by atoms with Gasteiger partial charge >= 0.3 is 5.51 Å². The third-order valence-corrected chi connectivity index (χ3v) is 10.9. The first-order chi connectivity index (χ1) is 20.2. The van der Waals surface area contributed by atoms with Gasteiger partial charge in [0.15, 0.2) is 0 Å². The van der Waals surface area contributed by atoms with Crippen LogP contribution in [0, 0.1) is 5.92 Å². The molecule has 0 aromatic heterocycles. The fourth-order valence-electron chi connectivity index (χ4n) is 4.76. The molecule has 1 amide bonds. The molecule has 0 spiro atoms. The van der Waals surface area contributed by atoms with Crippen molar-refractivity contribution in [1.82, 2.24) is 10.2 Å². The van der Waals surface area contributed by atoms with Crippen molar-refractivity contribution >= 4 is 43.2 Å². The van der Waals surface area contributed by atoms with Crippen molar-refractivity contribution < 1.29 is 34.8 Å². The molecule has 0 bridgehead atoms. The summed E-state index contributed by atoms with van der Waals surface area (Å²) in [5.74, 6) is 0.395. The number of benzene rings is 2. The molecule has 1 aliphatic rings. The molecule has 1 heterocycles. The molecule has 1 saturated heterocycles. The first kappa shape index (κ1) is 35.2. The van der Waals surface area contributed by atoms with E-state index >= 15 is 0 Å². The van der Waals surface area contributed by atoms with Crippen molar-refractivity contribution in [3.8, 4) is 0 Å². The fourth-order valence-corrected chi connectivity index (χ4v) is 7.32. The predicted octanol–water partition coefficient (Wildman–Crippen LogP) is 4.61. The number of thioether (sulfide) groups is 1. The van der Waals surface area contributed by atoms with E-state index in [2.05, 4.69) is 22.5 Å². The van der Waals surface area contributed by atoms with E-state index in [0.717, 1.165) is 36.3 Å². The van der Waals surface area contributed by atoms with Crippen LogP contribution in [0.1, 0.15) is 45.4 Å². The molecule has 2 aromatic carbocycles. The van der Waals surface area contributed by atoms with Crippen LogP contribution in [0.5, 0.6) is 0 Å². The molecule has 1 aliphatic heterocycles. The number of carbonyl (C=O) groups excluding carboxylic acids is 1. The Kier molecular flexibility index (Phi) is 12.8. The number of hydrogen-bond donors (Lipinski definition) is 3. The van der Waals surface area contributed by atoms with Gasteiger partial charge in [-0.1, -0.05) is 38.0 Å². The zero-order valence-corrected chi connectivity index (χ0v) is 26.4. The highest BCUT2D eigenvalue weighted by atomic mass is 32.2. The molecule has 0 saturated carbocycles. The molecule has 15 heteroatoms. The number of halogens is 3. The van der Waals surface area contributed by atoms with Gasteiger partial charge in [0, 0.05) is 35.7 Å². The number of unbranched alkanes of at least 4 members (excludes halogenated alkanes) is 2. The van der Waals surface area contributed by atoms with E-state index < -0.39 is 41.2 Å². The highest BCUT2D eigenvalue weighted by Gasteiger charge is 2.48. The zero-order chi connectivity index (χ0) is 31.7. The molecule has 0 aliphatic carbocycles. The number of nitrogens with zero attached hydrogens (tertiary/aromatic N) is 1. The number of hydrogen-bond acceptors (Lipinski definition) is 8. The van der Waals surface area contributed by atoms with Crippen molar-refractivity contribution in [2.45, 2.75) is 71.7 Å². The van der Waals surface area contributed by atoms with Crippen LogP contribution in [-0.2, 0) is 24.7 Å². The van der Waals surface area contributed by atoms with Crippen LogP contribution in [0.25, 0.3) is 0 Å². The maximum atomic E-state index is 13.6. The summed E-state index contributed by atoms with van der Waals surface area (Å²) in [7, 11) is -10.4. The minimum Gasteiger partial charge on any atom is -0.380 e. The summed E-state index contributed by atoms with van der Waals surface area (Å²) in [6.07, 6.45) is 4.94.